The first-order valence-corrected chi connectivity index (χ1v) is 14.0. The fourth-order valence-corrected chi connectivity index (χ4v) is 4.24. The Morgan fingerprint density at radius 2 is 1.63 bits per heavy atom. The van der Waals surface area contributed by atoms with Crippen LogP contribution in [-0.4, -0.2) is 53.9 Å². The number of nitrogens with one attached hydrogen (secondary N) is 1. The fourth-order valence-electron chi connectivity index (χ4n) is 4.24. The van der Waals surface area contributed by atoms with E-state index in [1.807, 2.05) is 48.2 Å². The Hall–Kier alpha value is -3.35. The van der Waals surface area contributed by atoms with Gasteiger partial charge in [-0.2, -0.15) is 0 Å². The van der Waals surface area contributed by atoms with Crippen molar-refractivity contribution in [3.8, 4) is 11.1 Å². The predicted octanol–water partition coefficient (Wildman–Crippen LogP) is 5.77. The lowest BCUT2D eigenvalue weighted by Crippen LogP contribution is -2.41. The van der Waals surface area contributed by atoms with Crippen LogP contribution < -0.4 is 5.32 Å². The van der Waals surface area contributed by atoms with E-state index in [1.165, 1.54) is 4.90 Å². The summed E-state index contributed by atoms with van der Waals surface area (Å²) in [7, 11) is 0. The van der Waals surface area contributed by atoms with E-state index >= 15 is 0 Å². The summed E-state index contributed by atoms with van der Waals surface area (Å²) in [5.74, 6) is 0.497. The summed E-state index contributed by atoms with van der Waals surface area (Å²) in [6.07, 6.45) is 5.59. The molecule has 1 saturated carbocycles. The van der Waals surface area contributed by atoms with Gasteiger partial charge in [-0.3, -0.25) is 14.5 Å². The molecule has 1 aliphatic rings. The van der Waals surface area contributed by atoms with Crippen molar-refractivity contribution in [3.05, 3.63) is 59.7 Å². The topological polar surface area (TPSA) is 79.0 Å². The van der Waals surface area contributed by atoms with Gasteiger partial charge >= 0.3 is 6.09 Å². The van der Waals surface area contributed by atoms with Crippen LogP contribution in [0.4, 0.5) is 4.79 Å². The van der Waals surface area contributed by atoms with Gasteiger partial charge in [-0.25, -0.2) is 4.79 Å². The summed E-state index contributed by atoms with van der Waals surface area (Å²) in [6, 6.07) is 16.2. The van der Waals surface area contributed by atoms with Crippen LogP contribution in [0.1, 0.15) is 70.4 Å². The normalized spacial score (nSPS) is 12.6. The van der Waals surface area contributed by atoms with E-state index in [0.717, 1.165) is 67.3 Å². The zero-order valence-corrected chi connectivity index (χ0v) is 23.2. The second-order valence-corrected chi connectivity index (χ2v) is 10.2. The summed E-state index contributed by atoms with van der Waals surface area (Å²) < 4.78 is 5.42. The van der Waals surface area contributed by atoms with Crippen LogP contribution in [0, 0.1) is 5.92 Å². The quantitative estimate of drug-likeness (QED) is 0.302. The first-order chi connectivity index (χ1) is 18.4. The van der Waals surface area contributed by atoms with Crippen molar-refractivity contribution < 1.29 is 19.1 Å². The predicted molar refractivity (Wildman–Crippen MR) is 150 cm³/mol. The molecule has 0 heterocycles. The summed E-state index contributed by atoms with van der Waals surface area (Å²) in [5, 5.41) is 2.94. The Balaban J connectivity index is 1.70. The standard InChI is InChI=1S/C31H43N3O4/c1-4-6-18-33(24(3)35)22-28-10-8-9-11-29(28)27-16-14-26(15-17-27)21-34(31(37)38-19-7-5-2)23-30(36)32-20-25-12-13-25/h8-11,14-17,25H,4-7,12-13,18-23H2,1-3H3,(H,32,36). The van der Waals surface area contributed by atoms with Crippen molar-refractivity contribution in [3.63, 3.8) is 0 Å². The minimum atomic E-state index is -0.467. The Labute approximate surface area is 227 Å². The maximum Gasteiger partial charge on any atom is 0.410 e. The average molecular weight is 522 g/mol. The van der Waals surface area contributed by atoms with Gasteiger partial charge in [0.1, 0.15) is 6.54 Å². The van der Waals surface area contributed by atoms with E-state index in [-0.39, 0.29) is 18.4 Å². The molecule has 0 aromatic heterocycles. The molecule has 1 aliphatic carbocycles. The lowest BCUT2D eigenvalue weighted by Gasteiger charge is -2.23. The third-order valence-electron chi connectivity index (χ3n) is 6.84. The smallest absolute Gasteiger partial charge is 0.410 e. The van der Waals surface area contributed by atoms with Gasteiger partial charge in [0, 0.05) is 33.1 Å². The van der Waals surface area contributed by atoms with E-state index in [0.29, 0.717) is 32.2 Å². The number of nitrogens with zero attached hydrogens (tertiary/aromatic N) is 2. The molecule has 1 fully saturated rings. The van der Waals surface area contributed by atoms with E-state index in [4.69, 9.17) is 4.74 Å². The number of ether oxygens (including phenoxy) is 1. The van der Waals surface area contributed by atoms with Crippen LogP contribution in [0.25, 0.3) is 11.1 Å². The highest BCUT2D eigenvalue weighted by atomic mass is 16.6. The molecule has 38 heavy (non-hydrogen) atoms. The van der Waals surface area contributed by atoms with Gasteiger partial charge in [0.15, 0.2) is 0 Å². The van der Waals surface area contributed by atoms with Crippen LogP contribution in [0.3, 0.4) is 0 Å². The lowest BCUT2D eigenvalue weighted by molar-refractivity contribution is -0.129. The number of unbranched alkanes of at least 4 members (excludes halogenated alkanes) is 2. The Kier molecular flexibility index (Phi) is 11.7. The molecule has 0 bridgehead atoms. The van der Waals surface area contributed by atoms with E-state index in [1.54, 1.807) is 6.92 Å². The Morgan fingerprint density at radius 1 is 0.921 bits per heavy atom. The number of rotatable bonds is 15. The highest BCUT2D eigenvalue weighted by molar-refractivity contribution is 5.82. The highest BCUT2D eigenvalue weighted by Crippen LogP contribution is 2.28. The zero-order chi connectivity index (χ0) is 27.3. The second kappa shape index (κ2) is 15.2. The van der Waals surface area contributed by atoms with Crippen molar-refractivity contribution in [1.29, 1.82) is 0 Å². The fraction of sp³-hybridized carbons (Fsp3) is 0.516. The Bertz CT molecular complexity index is 1050. The maximum absolute atomic E-state index is 12.8. The van der Waals surface area contributed by atoms with Gasteiger partial charge in [0.25, 0.3) is 0 Å². The molecule has 0 radical (unpaired) electrons. The van der Waals surface area contributed by atoms with Crippen molar-refractivity contribution in [2.75, 3.05) is 26.2 Å². The van der Waals surface area contributed by atoms with Crippen molar-refractivity contribution in [2.45, 2.75) is 72.4 Å². The largest absolute Gasteiger partial charge is 0.449 e. The molecule has 0 atom stereocenters. The van der Waals surface area contributed by atoms with Crippen LogP contribution in [0.15, 0.2) is 48.5 Å². The first kappa shape index (κ1) is 29.2. The molecule has 0 spiro atoms. The summed E-state index contributed by atoms with van der Waals surface area (Å²) in [5.41, 5.74) is 4.14. The van der Waals surface area contributed by atoms with Gasteiger partial charge in [-0.1, -0.05) is 75.2 Å². The van der Waals surface area contributed by atoms with Crippen LogP contribution >= 0.6 is 0 Å². The molecule has 1 N–H and O–H groups in total. The molecule has 2 aromatic carbocycles. The second-order valence-electron chi connectivity index (χ2n) is 10.2. The molecule has 2 aromatic rings. The van der Waals surface area contributed by atoms with Crippen LogP contribution in [0.5, 0.6) is 0 Å². The van der Waals surface area contributed by atoms with E-state index in [2.05, 4.69) is 24.4 Å². The lowest BCUT2D eigenvalue weighted by atomic mass is 9.98. The van der Waals surface area contributed by atoms with Gasteiger partial charge in [0.05, 0.1) is 6.61 Å². The third kappa shape index (κ3) is 9.51. The molecule has 7 heteroatoms. The number of amides is 3. The van der Waals surface area contributed by atoms with Gasteiger partial charge in [0.2, 0.25) is 11.8 Å². The molecule has 206 valence electrons. The minimum Gasteiger partial charge on any atom is -0.449 e. The molecule has 0 aliphatic heterocycles. The monoisotopic (exact) mass is 521 g/mol. The summed E-state index contributed by atoms with van der Waals surface area (Å²) >= 11 is 0. The van der Waals surface area contributed by atoms with Crippen molar-refractivity contribution in [1.82, 2.24) is 15.1 Å². The number of hydrogen-bond acceptors (Lipinski definition) is 4. The summed E-state index contributed by atoms with van der Waals surface area (Å²) in [4.78, 5) is 40.8. The zero-order valence-electron chi connectivity index (χ0n) is 23.2. The van der Waals surface area contributed by atoms with Crippen molar-refractivity contribution in [2.24, 2.45) is 5.92 Å². The molecule has 3 rings (SSSR count). The number of hydrogen-bond donors (Lipinski definition) is 1. The third-order valence-corrected chi connectivity index (χ3v) is 6.84. The van der Waals surface area contributed by atoms with Gasteiger partial charge in [-0.15, -0.1) is 0 Å². The van der Waals surface area contributed by atoms with Crippen LogP contribution in [0.2, 0.25) is 0 Å². The molecule has 3 amide bonds. The number of benzene rings is 2. The van der Waals surface area contributed by atoms with Crippen LogP contribution in [-0.2, 0) is 27.4 Å². The van der Waals surface area contributed by atoms with E-state index in [9.17, 15) is 14.4 Å². The average Bonchev–Trinajstić information content (AvgIpc) is 3.75. The van der Waals surface area contributed by atoms with Gasteiger partial charge in [-0.05, 0) is 53.9 Å². The molecular weight excluding hydrogens is 478 g/mol. The SMILES string of the molecule is CCCCOC(=O)N(CC(=O)NCC1CC1)Cc1ccc(-c2ccccc2CN(CCCC)C(C)=O)cc1. The molecule has 0 unspecified atom stereocenters. The molecule has 0 saturated heterocycles. The Morgan fingerprint density at radius 3 is 2.29 bits per heavy atom. The minimum absolute atomic E-state index is 0.0269. The van der Waals surface area contributed by atoms with E-state index < -0.39 is 6.09 Å². The molecule has 7 nitrogen and oxygen atoms in total. The highest BCUT2D eigenvalue weighted by Gasteiger charge is 2.24. The summed E-state index contributed by atoms with van der Waals surface area (Å²) in [6.45, 7) is 8.39. The number of carbonyl (C=O) groups excluding carboxylic acids is 3. The van der Waals surface area contributed by atoms with Gasteiger partial charge < -0.3 is 15.0 Å². The molecular formula is C31H43N3O4. The first-order valence-electron chi connectivity index (χ1n) is 14.0. The maximum atomic E-state index is 12.8. The van der Waals surface area contributed by atoms with Crippen molar-refractivity contribution >= 4 is 17.9 Å². The number of carbonyl (C=O) groups is 3.